The Balaban J connectivity index is 2.72. The summed E-state index contributed by atoms with van der Waals surface area (Å²) >= 11 is 3.37. The van der Waals surface area contributed by atoms with Crippen LogP contribution in [0.3, 0.4) is 0 Å². The molecule has 0 fully saturated rings. The molecule has 0 spiro atoms. The van der Waals surface area contributed by atoms with Crippen LogP contribution in [-0.2, 0) is 0 Å². The molecule has 0 radical (unpaired) electrons. The van der Waals surface area contributed by atoms with E-state index in [2.05, 4.69) is 28.2 Å². The van der Waals surface area contributed by atoms with Gasteiger partial charge in [-0.05, 0) is 35.5 Å². The first-order valence-electron chi connectivity index (χ1n) is 4.19. The van der Waals surface area contributed by atoms with Crippen molar-refractivity contribution in [2.75, 3.05) is 7.05 Å². The zero-order chi connectivity index (χ0) is 8.97. The Labute approximate surface area is 81.5 Å². The van der Waals surface area contributed by atoms with Gasteiger partial charge in [0.15, 0.2) is 4.67 Å². The first kappa shape index (κ1) is 9.81. The van der Waals surface area contributed by atoms with Gasteiger partial charge >= 0.3 is 0 Å². The third-order valence-electron chi connectivity index (χ3n) is 1.95. The van der Waals surface area contributed by atoms with Gasteiger partial charge < -0.3 is 9.73 Å². The van der Waals surface area contributed by atoms with E-state index < -0.39 is 0 Å². The van der Waals surface area contributed by atoms with Gasteiger partial charge in [0, 0.05) is 11.6 Å². The number of nitrogens with one attached hydrogen (secondary N) is 1. The molecule has 1 aromatic heterocycles. The van der Waals surface area contributed by atoms with Crippen molar-refractivity contribution in [1.29, 1.82) is 0 Å². The second-order valence-electron chi connectivity index (χ2n) is 2.78. The van der Waals surface area contributed by atoms with Gasteiger partial charge in [0.1, 0.15) is 0 Å². The molecule has 0 aliphatic carbocycles. The van der Waals surface area contributed by atoms with Gasteiger partial charge in [0.25, 0.3) is 0 Å². The number of hydrogen-bond acceptors (Lipinski definition) is 2. The van der Waals surface area contributed by atoms with Crippen molar-refractivity contribution in [3.63, 3.8) is 0 Å². The van der Waals surface area contributed by atoms with Crippen molar-refractivity contribution in [2.24, 2.45) is 0 Å². The summed E-state index contributed by atoms with van der Waals surface area (Å²) in [6.45, 7) is 2.18. The Kier molecular flexibility index (Phi) is 3.82. The lowest BCUT2D eigenvalue weighted by molar-refractivity contribution is 0.502. The largest absolute Gasteiger partial charge is 0.457 e. The van der Waals surface area contributed by atoms with Gasteiger partial charge in [-0.3, -0.25) is 0 Å². The van der Waals surface area contributed by atoms with Crippen LogP contribution >= 0.6 is 15.9 Å². The van der Waals surface area contributed by atoms with Crippen molar-refractivity contribution in [2.45, 2.75) is 25.8 Å². The summed E-state index contributed by atoms with van der Waals surface area (Å²) < 4.78 is 6.01. The van der Waals surface area contributed by atoms with Crippen LogP contribution in [0.1, 0.15) is 31.4 Å². The minimum absolute atomic E-state index is 0.406. The molecule has 1 rings (SSSR count). The fourth-order valence-corrected chi connectivity index (χ4v) is 1.81. The summed E-state index contributed by atoms with van der Waals surface area (Å²) in [6, 6.07) is 2.41. The molecule has 1 unspecified atom stereocenters. The minimum atomic E-state index is 0.406. The predicted octanol–water partition coefficient (Wildman–Crippen LogP) is 3.10. The molecule has 1 N–H and O–H groups in total. The molecule has 0 bridgehead atoms. The van der Waals surface area contributed by atoms with Crippen molar-refractivity contribution in [1.82, 2.24) is 5.32 Å². The molecule has 12 heavy (non-hydrogen) atoms. The number of halogens is 1. The maximum absolute atomic E-state index is 5.17. The summed E-state index contributed by atoms with van der Waals surface area (Å²) in [5.41, 5.74) is 1.21. The van der Waals surface area contributed by atoms with Crippen LogP contribution in [0.25, 0.3) is 0 Å². The van der Waals surface area contributed by atoms with E-state index in [4.69, 9.17) is 4.42 Å². The van der Waals surface area contributed by atoms with Crippen molar-refractivity contribution < 1.29 is 4.42 Å². The topological polar surface area (TPSA) is 25.2 Å². The van der Waals surface area contributed by atoms with E-state index in [1.165, 1.54) is 12.0 Å². The smallest absolute Gasteiger partial charge is 0.173 e. The van der Waals surface area contributed by atoms with Crippen molar-refractivity contribution >= 4 is 15.9 Å². The third-order valence-corrected chi connectivity index (χ3v) is 2.59. The molecule has 0 saturated carbocycles. The number of furan rings is 1. The van der Waals surface area contributed by atoms with Crippen molar-refractivity contribution in [3.05, 3.63) is 22.6 Å². The summed E-state index contributed by atoms with van der Waals surface area (Å²) in [7, 11) is 1.97. The van der Waals surface area contributed by atoms with Gasteiger partial charge in [-0.1, -0.05) is 13.3 Å². The fraction of sp³-hybridized carbons (Fsp3) is 0.556. The van der Waals surface area contributed by atoms with Crippen LogP contribution in [0.15, 0.2) is 21.4 Å². The lowest BCUT2D eigenvalue weighted by atomic mass is 10.1. The highest BCUT2D eigenvalue weighted by Gasteiger charge is 2.13. The average molecular weight is 232 g/mol. The van der Waals surface area contributed by atoms with E-state index in [0.717, 1.165) is 11.1 Å². The van der Waals surface area contributed by atoms with Crippen LogP contribution in [-0.4, -0.2) is 7.05 Å². The van der Waals surface area contributed by atoms with Gasteiger partial charge in [0.05, 0.1) is 6.26 Å². The highest BCUT2D eigenvalue weighted by atomic mass is 79.9. The Bertz CT molecular complexity index is 234. The minimum Gasteiger partial charge on any atom is -0.457 e. The second kappa shape index (κ2) is 4.67. The van der Waals surface area contributed by atoms with E-state index in [1.807, 2.05) is 13.1 Å². The molecule has 68 valence electrons. The van der Waals surface area contributed by atoms with Crippen molar-refractivity contribution in [3.8, 4) is 0 Å². The molecule has 0 saturated heterocycles. The molecule has 3 heteroatoms. The van der Waals surface area contributed by atoms with Gasteiger partial charge in [0.2, 0.25) is 0 Å². The lowest BCUT2D eigenvalue weighted by Gasteiger charge is -2.13. The fourth-order valence-electron chi connectivity index (χ4n) is 1.30. The Morgan fingerprint density at radius 2 is 2.42 bits per heavy atom. The summed E-state index contributed by atoms with van der Waals surface area (Å²) in [6.07, 6.45) is 4.01. The van der Waals surface area contributed by atoms with Gasteiger partial charge in [-0.25, -0.2) is 0 Å². The molecule has 1 aromatic rings. The molecule has 0 aliphatic heterocycles. The van der Waals surface area contributed by atoms with Crippen LogP contribution < -0.4 is 5.32 Å². The molecule has 0 aromatic carbocycles. The second-order valence-corrected chi connectivity index (χ2v) is 3.50. The van der Waals surface area contributed by atoms with Gasteiger partial charge in [-0.15, -0.1) is 0 Å². The SMILES string of the molecule is CCCC(NC)c1ccoc1Br. The lowest BCUT2D eigenvalue weighted by Crippen LogP contribution is -2.15. The summed E-state index contributed by atoms with van der Waals surface area (Å²) in [5, 5.41) is 3.26. The van der Waals surface area contributed by atoms with Crippen LogP contribution in [0.5, 0.6) is 0 Å². The van der Waals surface area contributed by atoms with E-state index >= 15 is 0 Å². The molecular formula is C9H14BrNO. The molecular weight excluding hydrogens is 218 g/mol. The Morgan fingerprint density at radius 1 is 1.67 bits per heavy atom. The molecule has 2 nitrogen and oxygen atoms in total. The maximum Gasteiger partial charge on any atom is 0.173 e. The monoisotopic (exact) mass is 231 g/mol. The zero-order valence-corrected chi connectivity index (χ0v) is 9.02. The van der Waals surface area contributed by atoms with Gasteiger partial charge in [-0.2, -0.15) is 0 Å². The predicted molar refractivity (Wildman–Crippen MR) is 53.1 cm³/mol. The normalized spacial score (nSPS) is 13.2. The maximum atomic E-state index is 5.17. The van der Waals surface area contributed by atoms with E-state index in [9.17, 15) is 0 Å². The van der Waals surface area contributed by atoms with E-state index in [-0.39, 0.29) is 0 Å². The molecule has 1 heterocycles. The molecule has 0 amide bonds. The standard InChI is InChI=1S/C9H14BrNO/c1-3-4-8(11-2)7-5-6-12-9(7)10/h5-6,8,11H,3-4H2,1-2H3. The first-order chi connectivity index (χ1) is 5.79. The van der Waals surface area contributed by atoms with E-state index in [0.29, 0.717) is 6.04 Å². The first-order valence-corrected chi connectivity index (χ1v) is 4.99. The third kappa shape index (κ3) is 2.11. The molecule has 1 atom stereocenters. The number of hydrogen-bond donors (Lipinski definition) is 1. The van der Waals surface area contributed by atoms with Crippen LogP contribution in [0.2, 0.25) is 0 Å². The van der Waals surface area contributed by atoms with Crippen LogP contribution in [0.4, 0.5) is 0 Å². The Hall–Kier alpha value is -0.280. The molecule has 0 aliphatic rings. The highest BCUT2D eigenvalue weighted by Crippen LogP contribution is 2.26. The van der Waals surface area contributed by atoms with E-state index in [1.54, 1.807) is 6.26 Å². The zero-order valence-electron chi connectivity index (χ0n) is 7.43. The summed E-state index contributed by atoms with van der Waals surface area (Å²) in [4.78, 5) is 0. The number of rotatable bonds is 4. The Morgan fingerprint density at radius 3 is 2.83 bits per heavy atom. The average Bonchev–Trinajstić information content (AvgIpc) is 2.47. The summed E-state index contributed by atoms with van der Waals surface area (Å²) in [5.74, 6) is 0. The van der Waals surface area contributed by atoms with Crippen LogP contribution in [0, 0.1) is 0 Å². The highest BCUT2D eigenvalue weighted by molar-refractivity contribution is 9.10. The quantitative estimate of drug-likeness (QED) is 0.862.